The largest absolute Gasteiger partial charge is 0.496 e. The van der Waals surface area contributed by atoms with Gasteiger partial charge in [-0.1, -0.05) is 32.9 Å². The van der Waals surface area contributed by atoms with E-state index in [4.69, 9.17) is 14.2 Å². The monoisotopic (exact) mass is 994 g/mol. The van der Waals surface area contributed by atoms with Crippen LogP contribution in [0.4, 0.5) is 4.39 Å². The van der Waals surface area contributed by atoms with Gasteiger partial charge < -0.3 is 44.7 Å². The number of aliphatic hydroxyl groups excluding tert-OH is 1. The Labute approximate surface area is 416 Å². The predicted octanol–water partition coefficient (Wildman–Crippen LogP) is 5.21. The quantitative estimate of drug-likeness (QED) is 0.0788. The number of hydrogen-bond donors (Lipinski definition) is 4. The Morgan fingerprint density at radius 3 is 2.37 bits per heavy atom. The molecule has 3 aromatic heterocycles. The first-order valence-corrected chi connectivity index (χ1v) is 24.9. The summed E-state index contributed by atoms with van der Waals surface area (Å²) in [4.78, 5) is 79.4. The number of unbranched alkanes of at least 4 members (excludes halogenated alkanes) is 1. The highest BCUT2D eigenvalue weighted by atomic mass is 32.1. The van der Waals surface area contributed by atoms with E-state index in [1.54, 1.807) is 70.7 Å². The van der Waals surface area contributed by atoms with Crippen LogP contribution in [-0.4, -0.2) is 123 Å². The van der Waals surface area contributed by atoms with Crippen molar-refractivity contribution in [3.05, 3.63) is 87.7 Å². The molecule has 0 spiro atoms. The minimum Gasteiger partial charge on any atom is -0.496 e. The number of aromatic nitrogens is 3. The van der Waals surface area contributed by atoms with Crippen LogP contribution in [0.1, 0.15) is 76.1 Å². The fraction of sp³-hybridized carbons (Fsp3) is 0.481. The number of ether oxygens (including phenoxy) is 3. The standard InChI is InChI=1S/C52H63FN8O9S/c1-30-45(71-29-56-30)31-11-12-32(22-55-47(64)40-21-35(62)26-61(40)49(66)46(51(2,3)4)58-50(67)52(53)14-15-52)41(18-31)70-17-9-8-10-44(63)57-34-24-60(25-34)28-39-42(68-6)19-33(20-43(39)69-7)38-27-59(5)48(65)37-23-54-16-13-36(37)38/h11-13,16,18-20,23,27,29,34-35,40,46,62H,8-10,14-15,17,21-22,24-26,28H2,1-7H3,(H,55,64)(H,57,63)(H,58,67). The number of nitrogens with zero attached hydrogens (tertiary/aromatic N) is 5. The smallest absolute Gasteiger partial charge is 0.259 e. The number of carbonyl (C=O) groups excluding carboxylic acids is 4. The van der Waals surface area contributed by atoms with Gasteiger partial charge in [-0.15, -0.1) is 11.3 Å². The molecule has 8 rings (SSSR count). The molecule has 1 aliphatic carbocycles. The number of nitrogens with one attached hydrogen (secondary N) is 3. The van der Waals surface area contributed by atoms with Crippen LogP contribution in [0.15, 0.2) is 65.3 Å². The Morgan fingerprint density at radius 2 is 1.70 bits per heavy atom. The molecule has 19 heteroatoms. The summed E-state index contributed by atoms with van der Waals surface area (Å²) in [5, 5.41) is 20.6. The molecule has 378 valence electrons. The second kappa shape index (κ2) is 21.1. The van der Waals surface area contributed by atoms with Gasteiger partial charge in [0.1, 0.15) is 29.3 Å². The summed E-state index contributed by atoms with van der Waals surface area (Å²) in [6, 6.07) is 9.32. The van der Waals surface area contributed by atoms with E-state index in [1.165, 1.54) is 16.2 Å². The number of thiazole rings is 1. The van der Waals surface area contributed by atoms with E-state index in [2.05, 4.69) is 30.8 Å². The summed E-state index contributed by atoms with van der Waals surface area (Å²) in [6.45, 7) is 9.32. The number of pyridine rings is 2. The zero-order valence-electron chi connectivity index (χ0n) is 41.3. The molecule has 4 N–H and O–H groups in total. The predicted molar refractivity (Wildman–Crippen MR) is 267 cm³/mol. The summed E-state index contributed by atoms with van der Waals surface area (Å²) in [5.74, 6) is -0.0734. The van der Waals surface area contributed by atoms with Crippen LogP contribution < -0.4 is 35.7 Å². The van der Waals surface area contributed by atoms with Crippen molar-refractivity contribution in [2.75, 3.05) is 40.5 Å². The number of rotatable bonds is 19. The molecule has 17 nitrogen and oxygen atoms in total. The zero-order valence-corrected chi connectivity index (χ0v) is 42.1. The van der Waals surface area contributed by atoms with E-state index >= 15 is 0 Å². The van der Waals surface area contributed by atoms with Crippen LogP contribution in [0, 0.1) is 12.3 Å². The molecule has 3 aliphatic rings. The van der Waals surface area contributed by atoms with Gasteiger partial charge in [-0.2, -0.15) is 0 Å². The second-order valence-electron chi connectivity index (χ2n) is 19.9. The molecule has 2 aliphatic heterocycles. The number of halogens is 1. The Bertz CT molecular complexity index is 2850. The van der Waals surface area contributed by atoms with Crippen LogP contribution in [0.2, 0.25) is 0 Å². The number of likely N-dealkylation sites (tertiary alicyclic amines) is 2. The van der Waals surface area contributed by atoms with Gasteiger partial charge in [0, 0.05) is 82.3 Å². The molecule has 4 amide bonds. The Hall–Kier alpha value is -6.44. The first-order valence-electron chi connectivity index (χ1n) is 24.0. The van der Waals surface area contributed by atoms with Gasteiger partial charge in [0.15, 0.2) is 5.67 Å². The molecule has 1 saturated carbocycles. The lowest BCUT2D eigenvalue weighted by molar-refractivity contribution is -0.145. The van der Waals surface area contributed by atoms with E-state index in [9.17, 15) is 33.5 Å². The molecule has 0 bridgehead atoms. The molecule has 3 unspecified atom stereocenters. The highest BCUT2D eigenvalue weighted by molar-refractivity contribution is 7.13. The highest BCUT2D eigenvalue weighted by Gasteiger charge is 2.53. The Balaban J connectivity index is 0.835. The lowest BCUT2D eigenvalue weighted by Gasteiger charge is -2.40. The second-order valence-corrected chi connectivity index (χ2v) is 20.8. The number of β-amino-alcohol motifs (C(OH)–C–C–N with tert-alkyl or cyclic N) is 1. The van der Waals surface area contributed by atoms with Crippen LogP contribution in [0.5, 0.6) is 17.2 Å². The molecule has 2 saturated heterocycles. The van der Waals surface area contributed by atoms with E-state index in [-0.39, 0.29) is 49.9 Å². The fourth-order valence-corrected chi connectivity index (χ4v) is 10.1. The zero-order chi connectivity index (χ0) is 50.8. The molecule has 0 radical (unpaired) electrons. The molecule has 3 fully saturated rings. The molecule has 71 heavy (non-hydrogen) atoms. The topological polar surface area (TPSA) is 207 Å². The number of fused-ring (bicyclic) bond motifs is 1. The maximum absolute atomic E-state index is 14.7. The van der Waals surface area contributed by atoms with Crippen molar-refractivity contribution >= 4 is 45.7 Å². The summed E-state index contributed by atoms with van der Waals surface area (Å²) in [5.41, 5.74) is 3.89. The summed E-state index contributed by atoms with van der Waals surface area (Å²) in [6.07, 6.45) is 5.78. The average molecular weight is 995 g/mol. The Morgan fingerprint density at radius 1 is 0.986 bits per heavy atom. The summed E-state index contributed by atoms with van der Waals surface area (Å²) >= 11 is 1.50. The third-order valence-corrected chi connectivity index (χ3v) is 14.5. The normalized spacial score (nSPS) is 18.1. The Kier molecular flexibility index (Phi) is 15.1. The van der Waals surface area contributed by atoms with Crippen molar-refractivity contribution in [3.8, 4) is 38.8 Å². The van der Waals surface area contributed by atoms with E-state index in [0.717, 1.165) is 38.2 Å². The van der Waals surface area contributed by atoms with Gasteiger partial charge in [0.2, 0.25) is 17.7 Å². The average Bonchev–Trinajstić information content (AvgIpc) is 3.74. The van der Waals surface area contributed by atoms with Crippen molar-refractivity contribution in [1.29, 1.82) is 0 Å². The van der Waals surface area contributed by atoms with Gasteiger partial charge in [0.25, 0.3) is 11.5 Å². The fourth-order valence-electron chi connectivity index (χ4n) is 9.29. The van der Waals surface area contributed by atoms with Gasteiger partial charge in [-0.05, 0) is 78.8 Å². The van der Waals surface area contributed by atoms with Crippen LogP contribution in [-0.2, 0) is 39.3 Å². The summed E-state index contributed by atoms with van der Waals surface area (Å²) < 4.78 is 34.3. The maximum atomic E-state index is 14.7. The van der Waals surface area contributed by atoms with Crippen molar-refractivity contribution in [2.45, 2.75) is 109 Å². The van der Waals surface area contributed by atoms with Crippen LogP contribution in [0.25, 0.3) is 32.3 Å². The number of alkyl halides is 1. The van der Waals surface area contributed by atoms with Crippen molar-refractivity contribution in [2.24, 2.45) is 12.5 Å². The van der Waals surface area contributed by atoms with Crippen molar-refractivity contribution in [1.82, 2.24) is 40.3 Å². The van der Waals surface area contributed by atoms with Crippen LogP contribution in [0.3, 0.4) is 0 Å². The maximum Gasteiger partial charge on any atom is 0.259 e. The lowest BCUT2D eigenvalue weighted by atomic mass is 9.85. The number of aliphatic hydroxyl groups is 1. The molecule has 2 aromatic carbocycles. The molecular formula is C52H63FN8O9S. The third-order valence-electron chi connectivity index (χ3n) is 13.5. The number of benzene rings is 2. The van der Waals surface area contributed by atoms with E-state index in [1.807, 2.05) is 43.3 Å². The third kappa shape index (κ3) is 11.4. The number of amides is 4. The lowest BCUT2D eigenvalue weighted by Crippen LogP contribution is -2.59. The van der Waals surface area contributed by atoms with Gasteiger partial charge in [-0.3, -0.25) is 33.9 Å². The minimum atomic E-state index is -1.98. The molecule has 5 aromatic rings. The van der Waals surface area contributed by atoms with Crippen molar-refractivity contribution in [3.63, 3.8) is 0 Å². The molecule has 3 atom stereocenters. The number of carbonyl (C=O) groups is 4. The van der Waals surface area contributed by atoms with Gasteiger partial charge in [0.05, 0.1) is 60.0 Å². The summed E-state index contributed by atoms with van der Waals surface area (Å²) in [7, 11) is 4.95. The molecular weight excluding hydrogens is 932 g/mol. The number of aryl methyl sites for hydroxylation is 2. The number of methoxy groups -OCH3 is 2. The van der Waals surface area contributed by atoms with Gasteiger partial charge in [-0.25, -0.2) is 9.37 Å². The molecule has 5 heterocycles. The first kappa shape index (κ1) is 50.9. The SMILES string of the molecule is COc1cc(-c2cn(C)c(=O)c3cnccc23)cc(OC)c1CN1CC(NC(=O)CCCCOc2cc(-c3scnc3C)ccc2CNC(=O)C2CC(O)CN2C(=O)C(NC(=O)C2(F)CC2)C(C)(C)C)C1. The first-order chi connectivity index (χ1) is 33.9. The minimum absolute atomic E-state index is 0.00622. The highest BCUT2D eigenvalue weighted by Crippen LogP contribution is 2.41. The van der Waals surface area contributed by atoms with E-state index < -0.39 is 47.0 Å². The number of hydrogen-bond acceptors (Lipinski definition) is 13. The van der Waals surface area contributed by atoms with Crippen LogP contribution >= 0.6 is 11.3 Å². The van der Waals surface area contributed by atoms with E-state index in [0.29, 0.717) is 73.7 Å². The van der Waals surface area contributed by atoms with Gasteiger partial charge >= 0.3 is 0 Å². The van der Waals surface area contributed by atoms with Crippen molar-refractivity contribution < 1.29 is 42.9 Å².